The van der Waals surface area contributed by atoms with Crippen molar-refractivity contribution < 1.29 is 0 Å². The Kier molecular flexibility index (Phi) is 6.03. The van der Waals surface area contributed by atoms with Gasteiger partial charge in [0, 0.05) is 36.4 Å². The van der Waals surface area contributed by atoms with Gasteiger partial charge in [0.2, 0.25) is 0 Å². The number of hydrogen-bond acceptors (Lipinski definition) is 3. The normalized spacial score (nSPS) is 10.9. The highest BCUT2D eigenvalue weighted by molar-refractivity contribution is 6.31. The fourth-order valence-electron chi connectivity index (χ4n) is 2.23. The van der Waals surface area contributed by atoms with E-state index in [4.69, 9.17) is 11.6 Å². The van der Waals surface area contributed by atoms with Crippen LogP contribution in [0.5, 0.6) is 0 Å². The smallest absolute Gasteiger partial charge is 0.130 e. The molecule has 0 amide bonds. The SMILES string of the molecule is CCCNc1ncccc1CN(C)Cc1ccccc1Cl. The summed E-state index contributed by atoms with van der Waals surface area (Å²) in [6.07, 6.45) is 2.92. The highest BCUT2D eigenvalue weighted by atomic mass is 35.5. The number of nitrogens with zero attached hydrogens (tertiary/aromatic N) is 2. The van der Waals surface area contributed by atoms with Gasteiger partial charge < -0.3 is 5.32 Å². The fraction of sp³-hybridized carbons (Fsp3) is 0.353. The highest BCUT2D eigenvalue weighted by Gasteiger charge is 2.08. The van der Waals surface area contributed by atoms with Gasteiger partial charge >= 0.3 is 0 Å². The summed E-state index contributed by atoms with van der Waals surface area (Å²) >= 11 is 6.22. The van der Waals surface area contributed by atoms with E-state index in [0.29, 0.717) is 0 Å². The van der Waals surface area contributed by atoms with Gasteiger partial charge in [0.25, 0.3) is 0 Å². The summed E-state index contributed by atoms with van der Waals surface area (Å²) in [5, 5.41) is 4.20. The van der Waals surface area contributed by atoms with Crippen LogP contribution < -0.4 is 5.32 Å². The first kappa shape index (κ1) is 15.8. The fourth-order valence-corrected chi connectivity index (χ4v) is 2.43. The lowest BCUT2D eigenvalue weighted by Gasteiger charge is -2.19. The zero-order valence-corrected chi connectivity index (χ0v) is 13.4. The molecule has 0 aliphatic heterocycles. The van der Waals surface area contributed by atoms with Crippen LogP contribution in [-0.4, -0.2) is 23.5 Å². The van der Waals surface area contributed by atoms with Gasteiger partial charge in [0.1, 0.15) is 5.82 Å². The maximum atomic E-state index is 6.22. The van der Waals surface area contributed by atoms with Crippen LogP contribution in [-0.2, 0) is 13.1 Å². The lowest BCUT2D eigenvalue weighted by molar-refractivity contribution is 0.319. The minimum absolute atomic E-state index is 0.819. The van der Waals surface area contributed by atoms with E-state index in [1.165, 1.54) is 5.56 Å². The van der Waals surface area contributed by atoms with Crippen molar-refractivity contribution in [1.29, 1.82) is 0 Å². The summed E-state index contributed by atoms with van der Waals surface area (Å²) < 4.78 is 0. The van der Waals surface area contributed by atoms with E-state index in [-0.39, 0.29) is 0 Å². The molecule has 112 valence electrons. The summed E-state index contributed by atoms with van der Waals surface area (Å²) in [5.41, 5.74) is 2.36. The van der Waals surface area contributed by atoms with Crippen LogP contribution in [0.2, 0.25) is 5.02 Å². The number of rotatable bonds is 7. The molecule has 0 atom stereocenters. The van der Waals surface area contributed by atoms with E-state index in [1.54, 1.807) is 0 Å². The van der Waals surface area contributed by atoms with Gasteiger partial charge in [0.15, 0.2) is 0 Å². The second-order valence-corrected chi connectivity index (χ2v) is 5.61. The molecule has 21 heavy (non-hydrogen) atoms. The average Bonchev–Trinajstić information content (AvgIpc) is 2.49. The minimum atomic E-state index is 0.819. The Bertz CT molecular complexity index is 571. The zero-order valence-electron chi connectivity index (χ0n) is 12.6. The first-order chi connectivity index (χ1) is 10.2. The molecule has 0 saturated heterocycles. The third-order valence-corrected chi connectivity index (χ3v) is 3.64. The van der Waals surface area contributed by atoms with E-state index in [9.17, 15) is 0 Å². The van der Waals surface area contributed by atoms with Crippen LogP contribution in [0.15, 0.2) is 42.6 Å². The molecule has 4 heteroatoms. The third kappa shape index (κ3) is 4.73. The summed E-state index contributed by atoms with van der Waals surface area (Å²) in [6, 6.07) is 12.1. The topological polar surface area (TPSA) is 28.2 Å². The molecule has 0 fully saturated rings. The Morgan fingerprint density at radius 1 is 1.10 bits per heavy atom. The Balaban J connectivity index is 2.02. The second-order valence-electron chi connectivity index (χ2n) is 5.20. The van der Waals surface area contributed by atoms with Gasteiger partial charge in [-0.1, -0.05) is 42.8 Å². The Hall–Kier alpha value is -1.58. The average molecular weight is 304 g/mol. The van der Waals surface area contributed by atoms with Crippen molar-refractivity contribution in [1.82, 2.24) is 9.88 Å². The molecule has 0 aliphatic carbocycles. The standard InChI is InChI=1S/C17H22ClN3/c1-3-10-19-17-15(8-6-11-20-17)13-21(2)12-14-7-4-5-9-16(14)18/h4-9,11H,3,10,12-13H2,1-2H3,(H,19,20). The van der Waals surface area contributed by atoms with Crippen LogP contribution >= 0.6 is 11.6 Å². The van der Waals surface area contributed by atoms with Crippen molar-refractivity contribution in [3.8, 4) is 0 Å². The van der Waals surface area contributed by atoms with Gasteiger partial charge in [-0.25, -0.2) is 4.98 Å². The number of nitrogens with one attached hydrogen (secondary N) is 1. The Morgan fingerprint density at radius 3 is 2.57 bits per heavy atom. The summed E-state index contributed by atoms with van der Waals surface area (Å²) in [4.78, 5) is 6.68. The monoisotopic (exact) mass is 303 g/mol. The number of halogens is 1. The molecular formula is C17H22ClN3. The van der Waals surface area contributed by atoms with Crippen molar-refractivity contribution >= 4 is 17.4 Å². The maximum absolute atomic E-state index is 6.22. The molecular weight excluding hydrogens is 282 g/mol. The predicted octanol–water partition coefficient (Wildman–Crippen LogP) is 4.19. The molecule has 0 bridgehead atoms. The quantitative estimate of drug-likeness (QED) is 0.831. The van der Waals surface area contributed by atoms with Crippen LogP contribution in [0.25, 0.3) is 0 Å². The molecule has 0 saturated carbocycles. The van der Waals surface area contributed by atoms with Gasteiger partial charge in [0.05, 0.1) is 0 Å². The van der Waals surface area contributed by atoms with Crippen molar-refractivity contribution in [3.05, 3.63) is 58.7 Å². The summed E-state index contributed by atoms with van der Waals surface area (Å²) in [7, 11) is 2.10. The first-order valence-electron chi connectivity index (χ1n) is 7.30. The molecule has 1 N–H and O–H groups in total. The van der Waals surface area contributed by atoms with Crippen molar-refractivity contribution in [2.45, 2.75) is 26.4 Å². The van der Waals surface area contributed by atoms with Crippen LogP contribution in [0.3, 0.4) is 0 Å². The molecule has 3 nitrogen and oxygen atoms in total. The van der Waals surface area contributed by atoms with Gasteiger partial charge in [-0.2, -0.15) is 0 Å². The molecule has 0 radical (unpaired) electrons. The minimum Gasteiger partial charge on any atom is -0.370 e. The molecule has 2 rings (SSSR count). The summed E-state index contributed by atoms with van der Waals surface area (Å²) in [6.45, 7) is 4.75. The Labute approximate surface area is 132 Å². The van der Waals surface area contributed by atoms with Crippen LogP contribution in [0.1, 0.15) is 24.5 Å². The molecule has 1 aromatic heterocycles. The van der Waals surface area contributed by atoms with Crippen molar-refractivity contribution in [2.75, 3.05) is 18.9 Å². The third-order valence-electron chi connectivity index (χ3n) is 3.27. The van der Waals surface area contributed by atoms with Crippen LogP contribution in [0, 0.1) is 0 Å². The van der Waals surface area contributed by atoms with Crippen molar-refractivity contribution in [2.24, 2.45) is 0 Å². The van der Waals surface area contributed by atoms with E-state index in [0.717, 1.165) is 42.5 Å². The first-order valence-corrected chi connectivity index (χ1v) is 7.68. The predicted molar refractivity (Wildman–Crippen MR) is 89.6 cm³/mol. The number of pyridine rings is 1. The molecule has 0 spiro atoms. The number of benzene rings is 1. The molecule has 2 aromatic rings. The number of aromatic nitrogens is 1. The zero-order chi connectivity index (χ0) is 15.1. The van der Waals surface area contributed by atoms with Gasteiger partial charge in [-0.05, 0) is 31.2 Å². The van der Waals surface area contributed by atoms with Gasteiger partial charge in [-0.15, -0.1) is 0 Å². The van der Waals surface area contributed by atoms with Gasteiger partial charge in [-0.3, -0.25) is 4.90 Å². The van der Waals surface area contributed by atoms with E-state index in [2.05, 4.69) is 41.3 Å². The molecule has 1 aromatic carbocycles. The number of hydrogen-bond donors (Lipinski definition) is 1. The lowest BCUT2D eigenvalue weighted by atomic mass is 10.2. The highest BCUT2D eigenvalue weighted by Crippen LogP contribution is 2.19. The summed E-state index contributed by atoms with van der Waals surface area (Å²) in [5.74, 6) is 0.977. The Morgan fingerprint density at radius 2 is 1.81 bits per heavy atom. The van der Waals surface area contributed by atoms with E-state index in [1.807, 2.05) is 30.5 Å². The van der Waals surface area contributed by atoms with Crippen LogP contribution in [0.4, 0.5) is 5.82 Å². The lowest BCUT2D eigenvalue weighted by Crippen LogP contribution is -2.19. The largest absolute Gasteiger partial charge is 0.370 e. The number of anilines is 1. The van der Waals surface area contributed by atoms with Crippen molar-refractivity contribution in [3.63, 3.8) is 0 Å². The second kappa shape index (κ2) is 8.01. The van der Waals surface area contributed by atoms with E-state index < -0.39 is 0 Å². The molecule has 0 unspecified atom stereocenters. The van der Waals surface area contributed by atoms with E-state index >= 15 is 0 Å². The maximum Gasteiger partial charge on any atom is 0.130 e. The molecule has 1 heterocycles. The molecule has 0 aliphatic rings.